The minimum Gasteiger partial charge on any atom is -0.392 e. The fourth-order valence-corrected chi connectivity index (χ4v) is 4.16. The maximum absolute atomic E-state index is 12.5. The predicted octanol–water partition coefficient (Wildman–Crippen LogP) is 1.64. The third-order valence-corrected chi connectivity index (χ3v) is 5.28. The maximum Gasteiger partial charge on any atom is 0.253 e. The Bertz CT molecular complexity index is 549. The van der Waals surface area contributed by atoms with Crippen molar-refractivity contribution in [2.24, 2.45) is 0 Å². The molecule has 2 rings (SSSR count). The van der Waals surface area contributed by atoms with Crippen LogP contribution in [0, 0.1) is 0 Å². The van der Waals surface area contributed by atoms with E-state index in [0.29, 0.717) is 5.56 Å². The summed E-state index contributed by atoms with van der Waals surface area (Å²) in [6.07, 6.45) is 3.08. The van der Waals surface area contributed by atoms with Crippen molar-refractivity contribution in [1.29, 1.82) is 0 Å². The normalized spacial score (nSPS) is 24.8. The van der Waals surface area contributed by atoms with Gasteiger partial charge in [-0.2, -0.15) is 0 Å². The fraction of sp³-hybridized carbons (Fsp3) is 0.571. The van der Waals surface area contributed by atoms with Crippen LogP contribution in [-0.2, 0) is 16.6 Å². The van der Waals surface area contributed by atoms with Gasteiger partial charge in [-0.25, -0.2) is 13.4 Å². The third-order valence-electron chi connectivity index (χ3n) is 3.85. The number of nitrogens with one attached hydrogen (secondary N) is 1. The lowest BCUT2D eigenvalue weighted by atomic mass is 10.0. The summed E-state index contributed by atoms with van der Waals surface area (Å²) in [6, 6.07) is 6.88. The van der Waals surface area contributed by atoms with E-state index < -0.39 is 10.0 Å². The summed E-state index contributed by atoms with van der Waals surface area (Å²) in [6.45, 7) is 3.76. The van der Waals surface area contributed by atoms with Crippen molar-refractivity contribution in [3.8, 4) is 0 Å². The molecule has 2 atom stereocenters. The second-order valence-electron chi connectivity index (χ2n) is 5.40. The zero-order valence-electron chi connectivity index (χ0n) is 11.9. The lowest BCUT2D eigenvalue weighted by Crippen LogP contribution is -2.54. The second-order valence-corrected chi connectivity index (χ2v) is 7.03. The first-order valence-electron chi connectivity index (χ1n) is 6.95. The van der Waals surface area contributed by atoms with Gasteiger partial charge in [0.1, 0.15) is 0 Å². The van der Waals surface area contributed by atoms with E-state index in [1.54, 1.807) is 18.2 Å². The van der Waals surface area contributed by atoms with Gasteiger partial charge in [0.25, 0.3) is 10.0 Å². The van der Waals surface area contributed by atoms with Crippen LogP contribution in [0.4, 0.5) is 0 Å². The summed E-state index contributed by atoms with van der Waals surface area (Å²) in [5.74, 6) is 0. The van der Waals surface area contributed by atoms with Crippen molar-refractivity contribution in [2.45, 2.75) is 56.7 Å². The van der Waals surface area contributed by atoms with Crippen molar-refractivity contribution < 1.29 is 13.5 Å². The fourth-order valence-electron chi connectivity index (χ4n) is 2.69. The Morgan fingerprint density at radius 3 is 2.45 bits per heavy atom. The smallest absolute Gasteiger partial charge is 0.253 e. The molecule has 0 aliphatic carbocycles. The highest BCUT2D eigenvalue weighted by molar-refractivity contribution is 7.89. The van der Waals surface area contributed by atoms with Gasteiger partial charge in [-0.1, -0.05) is 24.6 Å². The average molecular weight is 298 g/mol. The van der Waals surface area contributed by atoms with Gasteiger partial charge < -0.3 is 5.11 Å². The third kappa shape index (κ3) is 3.20. The first kappa shape index (κ1) is 15.4. The van der Waals surface area contributed by atoms with Crippen LogP contribution in [0.15, 0.2) is 29.2 Å². The SMILES string of the molecule is CC1CCCC(C)N1NS(=O)(=O)c1ccccc1CO. The summed E-state index contributed by atoms with van der Waals surface area (Å²) in [4.78, 5) is 2.83. The number of aliphatic hydroxyl groups excluding tert-OH is 1. The van der Waals surface area contributed by atoms with Crippen LogP contribution < -0.4 is 4.83 Å². The van der Waals surface area contributed by atoms with E-state index in [2.05, 4.69) is 4.83 Å². The highest BCUT2D eigenvalue weighted by Crippen LogP contribution is 2.23. The van der Waals surface area contributed by atoms with Crippen molar-refractivity contribution >= 4 is 10.0 Å². The molecular formula is C14H22N2O3S. The number of benzene rings is 1. The van der Waals surface area contributed by atoms with Crippen LogP contribution in [0.25, 0.3) is 0 Å². The molecule has 2 unspecified atom stereocenters. The lowest BCUT2D eigenvalue weighted by Gasteiger charge is -2.38. The molecule has 0 saturated carbocycles. The van der Waals surface area contributed by atoms with Gasteiger partial charge >= 0.3 is 0 Å². The number of hydrogen-bond donors (Lipinski definition) is 2. The number of sulfonamides is 1. The molecule has 1 heterocycles. The molecule has 1 saturated heterocycles. The van der Waals surface area contributed by atoms with Gasteiger partial charge in [0.05, 0.1) is 11.5 Å². The van der Waals surface area contributed by atoms with E-state index in [4.69, 9.17) is 0 Å². The Kier molecular flexibility index (Phi) is 4.80. The molecule has 0 amide bonds. The first-order chi connectivity index (χ1) is 9.45. The number of hydrogen-bond acceptors (Lipinski definition) is 4. The van der Waals surface area contributed by atoms with E-state index in [-0.39, 0.29) is 23.6 Å². The summed E-state index contributed by atoms with van der Waals surface area (Å²) >= 11 is 0. The molecular weight excluding hydrogens is 276 g/mol. The molecule has 20 heavy (non-hydrogen) atoms. The number of nitrogens with zero attached hydrogens (tertiary/aromatic N) is 1. The number of rotatable bonds is 4. The quantitative estimate of drug-likeness (QED) is 0.886. The number of aliphatic hydroxyl groups is 1. The monoisotopic (exact) mass is 298 g/mol. The minimum absolute atomic E-state index is 0.146. The van der Waals surface area contributed by atoms with E-state index in [0.717, 1.165) is 19.3 Å². The van der Waals surface area contributed by atoms with Crippen LogP contribution >= 0.6 is 0 Å². The highest BCUT2D eigenvalue weighted by Gasteiger charge is 2.29. The Labute approximate surface area is 120 Å². The highest BCUT2D eigenvalue weighted by atomic mass is 32.2. The number of piperidine rings is 1. The molecule has 0 aromatic heterocycles. The van der Waals surface area contributed by atoms with Gasteiger partial charge in [0.2, 0.25) is 0 Å². The topological polar surface area (TPSA) is 69.6 Å². The average Bonchev–Trinajstić information content (AvgIpc) is 2.43. The molecule has 0 bridgehead atoms. The van der Waals surface area contributed by atoms with Gasteiger partial charge in [-0.3, -0.25) is 0 Å². The summed E-state index contributed by atoms with van der Waals surface area (Å²) < 4.78 is 25.0. The van der Waals surface area contributed by atoms with Crippen molar-refractivity contribution in [2.75, 3.05) is 0 Å². The van der Waals surface area contributed by atoms with Gasteiger partial charge in [0.15, 0.2) is 0 Å². The Hall–Kier alpha value is -0.950. The van der Waals surface area contributed by atoms with Crippen molar-refractivity contribution in [3.63, 3.8) is 0 Å². The molecule has 2 N–H and O–H groups in total. The van der Waals surface area contributed by atoms with Crippen LogP contribution in [0.3, 0.4) is 0 Å². The lowest BCUT2D eigenvalue weighted by molar-refractivity contribution is 0.0790. The molecule has 112 valence electrons. The van der Waals surface area contributed by atoms with Crippen LogP contribution in [-0.4, -0.2) is 30.6 Å². The predicted molar refractivity (Wildman–Crippen MR) is 77.3 cm³/mol. The van der Waals surface area contributed by atoms with Crippen molar-refractivity contribution in [1.82, 2.24) is 9.84 Å². The molecule has 1 fully saturated rings. The van der Waals surface area contributed by atoms with E-state index in [1.165, 1.54) is 6.07 Å². The van der Waals surface area contributed by atoms with Crippen LogP contribution in [0.5, 0.6) is 0 Å². The molecule has 6 heteroatoms. The zero-order chi connectivity index (χ0) is 14.8. The van der Waals surface area contributed by atoms with E-state index in [1.807, 2.05) is 18.9 Å². The largest absolute Gasteiger partial charge is 0.392 e. The molecule has 1 aliphatic rings. The van der Waals surface area contributed by atoms with Gasteiger partial charge in [0, 0.05) is 12.1 Å². The standard InChI is InChI=1S/C14H22N2O3S/c1-11-6-5-7-12(2)16(11)15-20(18,19)14-9-4-3-8-13(14)10-17/h3-4,8-9,11-12,15,17H,5-7,10H2,1-2H3. The Morgan fingerprint density at radius 1 is 1.25 bits per heavy atom. The maximum atomic E-state index is 12.5. The van der Waals surface area contributed by atoms with Gasteiger partial charge in [-0.05, 0) is 38.3 Å². The molecule has 0 spiro atoms. The summed E-state index contributed by atoms with van der Waals surface area (Å²) in [5, 5.41) is 11.1. The Balaban J connectivity index is 2.26. The van der Waals surface area contributed by atoms with Crippen molar-refractivity contribution in [3.05, 3.63) is 29.8 Å². The van der Waals surface area contributed by atoms with Crippen LogP contribution in [0.2, 0.25) is 0 Å². The Morgan fingerprint density at radius 2 is 1.85 bits per heavy atom. The zero-order valence-corrected chi connectivity index (χ0v) is 12.7. The molecule has 1 aromatic carbocycles. The molecule has 1 aromatic rings. The van der Waals surface area contributed by atoms with E-state index >= 15 is 0 Å². The summed E-state index contributed by atoms with van der Waals surface area (Å²) in [5.41, 5.74) is 0.414. The van der Waals surface area contributed by atoms with E-state index in [9.17, 15) is 13.5 Å². The molecule has 1 aliphatic heterocycles. The van der Waals surface area contributed by atoms with Crippen LogP contribution in [0.1, 0.15) is 38.7 Å². The first-order valence-corrected chi connectivity index (χ1v) is 8.43. The molecule has 0 radical (unpaired) electrons. The van der Waals surface area contributed by atoms with Gasteiger partial charge in [-0.15, -0.1) is 4.83 Å². The minimum atomic E-state index is -3.65. The summed E-state index contributed by atoms with van der Waals surface area (Å²) in [7, 11) is -3.65. The second kappa shape index (κ2) is 6.22. The number of hydrazine groups is 1. The molecule has 5 nitrogen and oxygen atoms in total.